The van der Waals surface area contributed by atoms with Crippen molar-refractivity contribution in [3.05, 3.63) is 29.3 Å². The molecule has 0 radical (unpaired) electrons. The Morgan fingerprint density at radius 2 is 2.00 bits per heavy atom. The topological polar surface area (TPSA) is 58.6 Å². The van der Waals surface area contributed by atoms with Crippen molar-refractivity contribution < 1.29 is 23.4 Å². The maximum Gasteiger partial charge on any atom is 0.338 e. The zero-order chi connectivity index (χ0) is 14.5. The van der Waals surface area contributed by atoms with Crippen LogP contribution in [-0.2, 0) is 4.74 Å². The van der Waals surface area contributed by atoms with Crippen LogP contribution >= 0.6 is 0 Å². The van der Waals surface area contributed by atoms with Crippen LogP contribution in [0.5, 0.6) is 0 Å². The van der Waals surface area contributed by atoms with Crippen LogP contribution in [0.15, 0.2) is 12.1 Å². The van der Waals surface area contributed by atoms with Crippen molar-refractivity contribution in [2.45, 2.75) is 31.8 Å². The first-order chi connectivity index (χ1) is 9.59. The quantitative estimate of drug-likeness (QED) is 0.789. The number of anilines is 1. The number of halogens is 2. The average Bonchev–Trinajstić information content (AvgIpc) is 2.92. The van der Waals surface area contributed by atoms with Crippen molar-refractivity contribution >= 4 is 11.7 Å². The number of carboxylic acids is 1. The minimum Gasteiger partial charge on any atom is -0.478 e. The molecule has 1 saturated carbocycles. The van der Waals surface area contributed by atoms with Crippen LogP contribution < -0.4 is 5.32 Å². The number of ether oxygens (including phenoxy) is 1. The Hall–Kier alpha value is -1.69. The first kappa shape index (κ1) is 14.7. The molecule has 1 aromatic rings. The fourth-order valence-electron chi connectivity index (χ4n) is 2.32. The van der Waals surface area contributed by atoms with E-state index in [2.05, 4.69) is 5.32 Å². The standard InChI is InChI=1S/C14H17F2NO3/c15-12-10(14(18)19)5-6-11(13(12)16)17-7-8-20-9-3-1-2-4-9/h5-6,9,17H,1-4,7-8H2,(H,18,19). The maximum atomic E-state index is 13.6. The number of benzene rings is 1. The Balaban J connectivity index is 1.86. The lowest BCUT2D eigenvalue weighted by Gasteiger charge is -2.13. The number of hydrogen-bond donors (Lipinski definition) is 2. The van der Waals surface area contributed by atoms with Crippen molar-refractivity contribution in [1.29, 1.82) is 0 Å². The molecule has 1 aromatic carbocycles. The van der Waals surface area contributed by atoms with Crippen molar-refractivity contribution in [3.8, 4) is 0 Å². The first-order valence-electron chi connectivity index (χ1n) is 6.66. The van der Waals surface area contributed by atoms with Crippen LogP contribution in [0, 0.1) is 11.6 Å². The molecular weight excluding hydrogens is 268 g/mol. The number of nitrogens with one attached hydrogen (secondary N) is 1. The van der Waals surface area contributed by atoms with Gasteiger partial charge in [-0.15, -0.1) is 0 Å². The highest BCUT2D eigenvalue weighted by molar-refractivity contribution is 5.88. The van der Waals surface area contributed by atoms with Gasteiger partial charge < -0.3 is 15.2 Å². The van der Waals surface area contributed by atoms with Gasteiger partial charge in [0.05, 0.1) is 24.0 Å². The van der Waals surface area contributed by atoms with Gasteiger partial charge in [0, 0.05) is 6.54 Å². The van der Waals surface area contributed by atoms with E-state index in [1.807, 2.05) is 0 Å². The van der Waals surface area contributed by atoms with Crippen LogP contribution in [0.4, 0.5) is 14.5 Å². The summed E-state index contributed by atoms with van der Waals surface area (Å²) in [6, 6.07) is 2.26. The molecule has 0 heterocycles. The molecule has 1 aliphatic rings. The van der Waals surface area contributed by atoms with Crippen LogP contribution in [0.25, 0.3) is 0 Å². The number of carboxylic acid groups (broad SMARTS) is 1. The molecule has 4 nitrogen and oxygen atoms in total. The Morgan fingerprint density at radius 1 is 1.30 bits per heavy atom. The number of hydrogen-bond acceptors (Lipinski definition) is 3. The molecule has 0 saturated heterocycles. The zero-order valence-electron chi connectivity index (χ0n) is 11.0. The molecule has 0 bridgehead atoms. The third-order valence-corrected chi connectivity index (χ3v) is 3.39. The monoisotopic (exact) mass is 285 g/mol. The van der Waals surface area contributed by atoms with Crippen molar-refractivity contribution in [2.24, 2.45) is 0 Å². The predicted octanol–water partition coefficient (Wildman–Crippen LogP) is 3.03. The molecule has 0 spiro atoms. The van der Waals surface area contributed by atoms with Crippen molar-refractivity contribution in [1.82, 2.24) is 0 Å². The van der Waals surface area contributed by atoms with Gasteiger partial charge in [0.2, 0.25) is 0 Å². The molecule has 0 aliphatic heterocycles. The summed E-state index contributed by atoms with van der Waals surface area (Å²) in [4.78, 5) is 10.6. The Kier molecular flexibility index (Phi) is 4.89. The van der Waals surface area contributed by atoms with Crippen molar-refractivity contribution in [2.75, 3.05) is 18.5 Å². The lowest BCUT2D eigenvalue weighted by molar-refractivity contribution is 0.0657. The third-order valence-electron chi connectivity index (χ3n) is 3.39. The molecule has 1 fully saturated rings. The molecule has 2 rings (SSSR count). The lowest BCUT2D eigenvalue weighted by Crippen LogP contribution is -2.16. The second kappa shape index (κ2) is 6.65. The zero-order valence-corrected chi connectivity index (χ0v) is 11.0. The molecule has 110 valence electrons. The molecule has 0 amide bonds. The summed E-state index contributed by atoms with van der Waals surface area (Å²) >= 11 is 0. The number of carbonyl (C=O) groups is 1. The predicted molar refractivity (Wildman–Crippen MR) is 70.0 cm³/mol. The summed E-state index contributed by atoms with van der Waals surface area (Å²) in [5.41, 5.74) is -0.724. The van der Waals surface area contributed by atoms with Crippen LogP contribution in [-0.4, -0.2) is 30.3 Å². The Bertz CT molecular complexity index is 488. The van der Waals surface area contributed by atoms with Gasteiger partial charge in [-0.2, -0.15) is 0 Å². The average molecular weight is 285 g/mol. The summed E-state index contributed by atoms with van der Waals surface area (Å²) < 4.78 is 32.6. The van der Waals surface area contributed by atoms with E-state index in [1.54, 1.807) is 0 Å². The smallest absolute Gasteiger partial charge is 0.338 e. The van der Waals surface area contributed by atoms with E-state index in [-0.39, 0.29) is 11.8 Å². The van der Waals surface area contributed by atoms with E-state index in [4.69, 9.17) is 9.84 Å². The Labute approximate surface area is 115 Å². The normalized spacial score (nSPS) is 15.5. The van der Waals surface area contributed by atoms with E-state index < -0.39 is 23.2 Å². The van der Waals surface area contributed by atoms with Crippen LogP contribution in [0.3, 0.4) is 0 Å². The SMILES string of the molecule is O=C(O)c1ccc(NCCOC2CCCC2)c(F)c1F. The molecule has 0 unspecified atom stereocenters. The van der Waals surface area contributed by atoms with Gasteiger partial charge in [0.25, 0.3) is 0 Å². The second-order valence-electron chi connectivity index (χ2n) is 4.80. The summed E-state index contributed by atoms with van der Waals surface area (Å²) in [6.07, 6.45) is 4.73. The minimum absolute atomic E-state index is 0.0532. The third kappa shape index (κ3) is 3.45. The second-order valence-corrected chi connectivity index (χ2v) is 4.80. The molecule has 2 N–H and O–H groups in total. The van der Waals surface area contributed by atoms with Gasteiger partial charge in [0.1, 0.15) is 0 Å². The number of aromatic carboxylic acids is 1. The fraction of sp³-hybridized carbons (Fsp3) is 0.500. The highest BCUT2D eigenvalue weighted by Crippen LogP contribution is 2.22. The summed E-state index contributed by atoms with van der Waals surface area (Å²) in [6.45, 7) is 0.756. The van der Waals surface area contributed by atoms with Gasteiger partial charge in [0.15, 0.2) is 11.6 Å². The summed E-state index contributed by atoms with van der Waals surface area (Å²) in [5, 5.41) is 11.4. The minimum atomic E-state index is -1.49. The molecule has 20 heavy (non-hydrogen) atoms. The van der Waals surface area contributed by atoms with Gasteiger partial charge in [-0.25, -0.2) is 13.6 Å². The van der Waals surface area contributed by atoms with Gasteiger partial charge in [-0.3, -0.25) is 0 Å². The molecule has 0 atom stereocenters. The first-order valence-corrected chi connectivity index (χ1v) is 6.66. The van der Waals surface area contributed by atoms with Gasteiger partial charge in [-0.1, -0.05) is 12.8 Å². The molecular formula is C14H17F2NO3. The van der Waals surface area contributed by atoms with E-state index >= 15 is 0 Å². The molecule has 0 aromatic heterocycles. The highest BCUT2D eigenvalue weighted by atomic mass is 19.2. The highest BCUT2D eigenvalue weighted by Gasteiger charge is 2.18. The summed E-state index contributed by atoms with van der Waals surface area (Å²) in [7, 11) is 0. The lowest BCUT2D eigenvalue weighted by atomic mass is 10.2. The maximum absolute atomic E-state index is 13.6. The molecule has 6 heteroatoms. The van der Waals surface area contributed by atoms with Gasteiger partial charge >= 0.3 is 5.97 Å². The van der Waals surface area contributed by atoms with Crippen molar-refractivity contribution in [3.63, 3.8) is 0 Å². The van der Waals surface area contributed by atoms with E-state index in [0.29, 0.717) is 13.2 Å². The van der Waals surface area contributed by atoms with Gasteiger partial charge in [-0.05, 0) is 25.0 Å². The largest absolute Gasteiger partial charge is 0.478 e. The fourth-order valence-corrected chi connectivity index (χ4v) is 2.32. The summed E-state index contributed by atoms with van der Waals surface area (Å²) in [5.74, 6) is -4.01. The number of rotatable bonds is 6. The van der Waals surface area contributed by atoms with E-state index in [9.17, 15) is 13.6 Å². The Morgan fingerprint density at radius 3 is 2.65 bits per heavy atom. The van der Waals surface area contributed by atoms with Crippen LogP contribution in [0.2, 0.25) is 0 Å². The van der Waals surface area contributed by atoms with E-state index in [1.165, 1.54) is 18.9 Å². The van der Waals surface area contributed by atoms with Crippen LogP contribution in [0.1, 0.15) is 36.0 Å². The van der Waals surface area contributed by atoms with E-state index in [0.717, 1.165) is 18.9 Å². The molecule has 1 aliphatic carbocycles.